The minimum atomic E-state index is 0.319. The topological polar surface area (TPSA) is 24.1 Å². The maximum atomic E-state index is 3.57. The molecule has 0 saturated heterocycles. The molecule has 104 valence electrons. The average molecular weight is 242 g/mol. The van der Waals surface area contributed by atoms with Crippen LogP contribution in [0.2, 0.25) is 0 Å². The monoisotopic (exact) mass is 242 g/mol. The molecule has 0 aromatic heterocycles. The smallest absolute Gasteiger partial charge is 0.0175 e. The molecular formula is C15H34N2. The number of rotatable bonds is 10. The van der Waals surface area contributed by atoms with Crippen LogP contribution in [0.15, 0.2) is 0 Å². The Morgan fingerprint density at radius 3 is 1.82 bits per heavy atom. The molecule has 0 aliphatic rings. The van der Waals surface area contributed by atoms with Gasteiger partial charge in [0.15, 0.2) is 0 Å². The maximum absolute atomic E-state index is 3.57. The summed E-state index contributed by atoms with van der Waals surface area (Å²) in [5.41, 5.74) is 0.691. The third-order valence-corrected chi connectivity index (χ3v) is 4.70. The molecule has 0 fully saturated rings. The molecule has 0 rings (SSSR count). The molecule has 0 bridgehead atoms. The Hall–Kier alpha value is -0.0800. The molecule has 0 aromatic carbocycles. The van der Waals surface area contributed by atoms with Crippen molar-refractivity contribution in [2.24, 2.45) is 0 Å². The van der Waals surface area contributed by atoms with Gasteiger partial charge in [0.25, 0.3) is 0 Å². The first-order valence-corrected chi connectivity index (χ1v) is 7.39. The molecule has 2 N–H and O–H groups in total. The summed E-state index contributed by atoms with van der Waals surface area (Å²) in [5.74, 6) is 0. The van der Waals surface area contributed by atoms with Gasteiger partial charge in [0.05, 0.1) is 0 Å². The van der Waals surface area contributed by atoms with E-state index in [-0.39, 0.29) is 0 Å². The molecule has 0 aliphatic carbocycles. The van der Waals surface area contributed by atoms with E-state index in [2.05, 4.69) is 52.4 Å². The zero-order chi connectivity index (χ0) is 13.4. The van der Waals surface area contributed by atoms with Crippen LogP contribution in [0.3, 0.4) is 0 Å². The zero-order valence-corrected chi connectivity index (χ0v) is 12.9. The lowest BCUT2D eigenvalue weighted by Crippen LogP contribution is -2.43. The van der Waals surface area contributed by atoms with Gasteiger partial charge >= 0.3 is 0 Å². The van der Waals surface area contributed by atoms with Gasteiger partial charge in [-0.05, 0) is 59.5 Å². The van der Waals surface area contributed by atoms with E-state index in [4.69, 9.17) is 0 Å². The molecule has 0 saturated carbocycles. The van der Waals surface area contributed by atoms with Gasteiger partial charge in [0.1, 0.15) is 0 Å². The Morgan fingerprint density at radius 1 is 0.824 bits per heavy atom. The largest absolute Gasteiger partial charge is 0.315 e. The van der Waals surface area contributed by atoms with Crippen LogP contribution in [0.25, 0.3) is 0 Å². The van der Waals surface area contributed by atoms with Crippen molar-refractivity contribution in [1.29, 1.82) is 0 Å². The summed E-state index contributed by atoms with van der Waals surface area (Å²) in [4.78, 5) is 0. The van der Waals surface area contributed by atoms with Crippen LogP contribution in [-0.4, -0.2) is 25.2 Å². The Labute approximate surface area is 109 Å². The molecule has 0 aromatic rings. The lowest BCUT2D eigenvalue weighted by atomic mass is 9.82. The van der Waals surface area contributed by atoms with Crippen molar-refractivity contribution in [3.63, 3.8) is 0 Å². The standard InChI is InChI=1S/C15H34N2/c1-7-11-15(9-3,17-6)13-10-12-14(4,8-2)16-5/h16-17H,7-13H2,1-6H3. The minimum Gasteiger partial charge on any atom is -0.315 e. The van der Waals surface area contributed by atoms with Gasteiger partial charge in [0, 0.05) is 11.1 Å². The van der Waals surface area contributed by atoms with Gasteiger partial charge in [-0.25, -0.2) is 0 Å². The average Bonchev–Trinajstić information content (AvgIpc) is 2.37. The van der Waals surface area contributed by atoms with Crippen molar-refractivity contribution in [2.75, 3.05) is 14.1 Å². The predicted octanol–water partition coefficient (Wildman–Crippen LogP) is 3.71. The van der Waals surface area contributed by atoms with E-state index in [9.17, 15) is 0 Å². The van der Waals surface area contributed by atoms with Crippen LogP contribution in [0.1, 0.15) is 72.6 Å². The van der Waals surface area contributed by atoms with Crippen LogP contribution in [0, 0.1) is 0 Å². The van der Waals surface area contributed by atoms with Crippen molar-refractivity contribution < 1.29 is 0 Å². The molecule has 0 spiro atoms. The zero-order valence-electron chi connectivity index (χ0n) is 12.9. The lowest BCUT2D eigenvalue weighted by molar-refractivity contribution is 0.254. The Balaban J connectivity index is 4.22. The molecule has 2 unspecified atom stereocenters. The van der Waals surface area contributed by atoms with Crippen LogP contribution >= 0.6 is 0 Å². The summed E-state index contributed by atoms with van der Waals surface area (Å²) in [6.45, 7) is 9.20. The third-order valence-electron chi connectivity index (χ3n) is 4.70. The molecule has 0 radical (unpaired) electrons. The van der Waals surface area contributed by atoms with Gasteiger partial charge in [-0.3, -0.25) is 0 Å². The van der Waals surface area contributed by atoms with Crippen LogP contribution < -0.4 is 10.6 Å². The third kappa shape index (κ3) is 5.39. The highest BCUT2D eigenvalue weighted by atomic mass is 14.9. The van der Waals surface area contributed by atoms with Crippen LogP contribution in [0.4, 0.5) is 0 Å². The first kappa shape index (κ1) is 16.9. The van der Waals surface area contributed by atoms with Crippen molar-refractivity contribution in [2.45, 2.75) is 83.7 Å². The number of hydrogen-bond donors (Lipinski definition) is 2. The van der Waals surface area contributed by atoms with Crippen LogP contribution in [-0.2, 0) is 0 Å². The van der Waals surface area contributed by atoms with Crippen molar-refractivity contribution in [1.82, 2.24) is 10.6 Å². The summed E-state index contributed by atoms with van der Waals surface area (Å²) >= 11 is 0. The molecule has 2 heteroatoms. The van der Waals surface area contributed by atoms with Crippen LogP contribution in [0.5, 0.6) is 0 Å². The molecule has 0 heterocycles. The highest BCUT2D eigenvalue weighted by molar-refractivity contribution is 4.87. The Kier molecular flexibility index (Phi) is 8.06. The second-order valence-corrected chi connectivity index (χ2v) is 5.65. The fourth-order valence-corrected chi connectivity index (χ4v) is 2.68. The molecule has 0 aliphatic heterocycles. The van der Waals surface area contributed by atoms with Crippen molar-refractivity contribution in [3.8, 4) is 0 Å². The molecular weight excluding hydrogens is 208 g/mol. The maximum Gasteiger partial charge on any atom is 0.0175 e. The van der Waals surface area contributed by atoms with E-state index in [1.807, 2.05) is 0 Å². The first-order valence-electron chi connectivity index (χ1n) is 7.39. The second kappa shape index (κ2) is 8.10. The molecule has 0 amide bonds. The van der Waals surface area contributed by atoms with E-state index >= 15 is 0 Å². The molecule has 17 heavy (non-hydrogen) atoms. The highest BCUT2D eigenvalue weighted by Gasteiger charge is 2.26. The van der Waals surface area contributed by atoms with Gasteiger partial charge in [-0.1, -0.05) is 27.2 Å². The molecule has 2 nitrogen and oxygen atoms in total. The normalized spacial score (nSPS) is 18.7. The van der Waals surface area contributed by atoms with Crippen molar-refractivity contribution in [3.05, 3.63) is 0 Å². The summed E-state index contributed by atoms with van der Waals surface area (Å²) in [6, 6.07) is 0. The summed E-state index contributed by atoms with van der Waals surface area (Å²) in [7, 11) is 4.21. The van der Waals surface area contributed by atoms with E-state index in [0.29, 0.717) is 11.1 Å². The van der Waals surface area contributed by atoms with E-state index in [1.165, 1.54) is 44.9 Å². The van der Waals surface area contributed by atoms with Gasteiger partial charge in [-0.2, -0.15) is 0 Å². The summed E-state index contributed by atoms with van der Waals surface area (Å²) in [5, 5.41) is 7.03. The predicted molar refractivity (Wildman–Crippen MR) is 78.6 cm³/mol. The SMILES string of the molecule is CCCC(CC)(CCCC(C)(CC)NC)NC. The van der Waals surface area contributed by atoms with Crippen molar-refractivity contribution >= 4 is 0 Å². The Bertz CT molecular complexity index is 181. The highest BCUT2D eigenvalue weighted by Crippen LogP contribution is 2.26. The van der Waals surface area contributed by atoms with E-state index in [0.717, 1.165) is 0 Å². The fraction of sp³-hybridized carbons (Fsp3) is 1.00. The van der Waals surface area contributed by atoms with E-state index < -0.39 is 0 Å². The van der Waals surface area contributed by atoms with Gasteiger partial charge in [0.2, 0.25) is 0 Å². The number of hydrogen-bond acceptors (Lipinski definition) is 2. The number of nitrogens with one attached hydrogen (secondary N) is 2. The van der Waals surface area contributed by atoms with Gasteiger partial charge in [-0.15, -0.1) is 0 Å². The second-order valence-electron chi connectivity index (χ2n) is 5.65. The minimum absolute atomic E-state index is 0.319. The van der Waals surface area contributed by atoms with E-state index in [1.54, 1.807) is 0 Å². The molecule has 2 atom stereocenters. The fourth-order valence-electron chi connectivity index (χ4n) is 2.68. The Morgan fingerprint density at radius 2 is 1.47 bits per heavy atom. The summed E-state index contributed by atoms with van der Waals surface area (Å²) < 4.78 is 0. The summed E-state index contributed by atoms with van der Waals surface area (Å²) in [6.07, 6.45) is 8.88. The first-order chi connectivity index (χ1) is 8.01. The quantitative estimate of drug-likeness (QED) is 0.610. The van der Waals surface area contributed by atoms with Gasteiger partial charge < -0.3 is 10.6 Å². The lowest BCUT2D eigenvalue weighted by Gasteiger charge is -2.35.